The Kier molecular flexibility index (Phi) is 12.6. The molecular weight excluding hydrogens is 760 g/mol. The molecule has 6 aromatic carbocycles. The summed E-state index contributed by atoms with van der Waals surface area (Å²) in [6, 6.07) is 39.0. The lowest BCUT2D eigenvalue weighted by Crippen LogP contribution is -2.18. The molecule has 6 aromatic rings. The van der Waals surface area contributed by atoms with Crippen molar-refractivity contribution in [3.05, 3.63) is 138 Å². The number of methoxy groups -OCH3 is 2. The van der Waals surface area contributed by atoms with E-state index in [9.17, 15) is 5.11 Å². The van der Waals surface area contributed by atoms with Crippen LogP contribution in [0.1, 0.15) is 105 Å². The van der Waals surface area contributed by atoms with E-state index in [0.717, 1.165) is 38.4 Å². The normalized spacial score (nSPS) is 12.5. The van der Waals surface area contributed by atoms with Crippen LogP contribution in [0.15, 0.2) is 115 Å². The predicted octanol–water partition coefficient (Wildman–Crippen LogP) is 14.1. The number of phenolic OH excluding ortho intramolecular Hbond substituents is 1. The van der Waals surface area contributed by atoms with Gasteiger partial charge in [0.25, 0.3) is 0 Å². The smallest absolute Gasteiger partial charge is 0.139 e. The van der Waals surface area contributed by atoms with E-state index in [4.69, 9.17) is 18.9 Å². The quantitative estimate of drug-likeness (QED) is 0.140. The fraction of sp³-hybridized carbons (Fsp3) is 0.333. The molecule has 0 aliphatic heterocycles. The number of aromatic hydroxyl groups is 1. The highest BCUT2D eigenvalue weighted by Gasteiger charge is 2.31. The van der Waals surface area contributed by atoms with Gasteiger partial charge in [-0.2, -0.15) is 0 Å². The number of ether oxygens (including phenoxy) is 4. The summed E-state index contributed by atoms with van der Waals surface area (Å²) in [5.74, 6) is 4.17. The van der Waals surface area contributed by atoms with Crippen LogP contribution in [-0.2, 0) is 21.7 Å². The van der Waals surface area contributed by atoms with Crippen LogP contribution in [0, 0.1) is 0 Å². The minimum atomic E-state index is -0.213. The van der Waals surface area contributed by atoms with Gasteiger partial charge in [-0.3, -0.25) is 0 Å². The molecule has 0 saturated heterocycles. The first-order chi connectivity index (χ1) is 28.1. The van der Waals surface area contributed by atoms with Crippen LogP contribution in [0.2, 0.25) is 0 Å². The Morgan fingerprint density at radius 3 is 1.28 bits per heavy atom. The predicted molar refractivity (Wildman–Crippen MR) is 254 cm³/mol. The molecule has 6 heteroatoms. The number of benzene rings is 6. The summed E-state index contributed by atoms with van der Waals surface area (Å²) in [7, 11) is 3.33. The first-order valence-electron chi connectivity index (χ1n) is 20.8. The molecule has 0 radical (unpaired) electrons. The van der Waals surface area contributed by atoms with Crippen LogP contribution in [0.3, 0.4) is 0 Å². The van der Waals surface area contributed by atoms with Crippen LogP contribution >= 0.6 is 8.58 Å². The Morgan fingerprint density at radius 2 is 0.867 bits per heavy atom. The van der Waals surface area contributed by atoms with Gasteiger partial charge < -0.3 is 24.1 Å². The van der Waals surface area contributed by atoms with E-state index in [2.05, 4.69) is 138 Å². The lowest BCUT2D eigenvalue weighted by Gasteiger charge is -2.29. The number of hydrogen-bond acceptors (Lipinski definition) is 5. The molecule has 5 nitrogen and oxygen atoms in total. The lowest BCUT2D eigenvalue weighted by molar-refractivity contribution is 0.393. The maximum Gasteiger partial charge on any atom is 0.139 e. The van der Waals surface area contributed by atoms with Gasteiger partial charge in [0.05, 0.1) is 25.1 Å². The van der Waals surface area contributed by atoms with Crippen molar-refractivity contribution in [2.24, 2.45) is 0 Å². The van der Waals surface area contributed by atoms with Gasteiger partial charge in [0.15, 0.2) is 0 Å². The van der Waals surface area contributed by atoms with Crippen molar-refractivity contribution in [2.75, 3.05) is 14.2 Å². The van der Waals surface area contributed by atoms with Crippen LogP contribution in [0.4, 0.5) is 0 Å². The third-order valence-corrected chi connectivity index (χ3v) is 12.3. The summed E-state index contributed by atoms with van der Waals surface area (Å²) < 4.78 is 26.1. The van der Waals surface area contributed by atoms with E-state index in [1.54, 1.807) is 14.2 Å². The van der Waals surface area contributed by atoms with E-state index in [1.807, 2.05) is 60.7 Å². The fourth-order valence-corrected chi connectivity index (χ4v) is 8.59. The van der Waals surface area contributed by atoms with Gasteiger partial charge in [0.1, 0.15) is 40.2 Å². The van der Waals surface area contributed by atoms with Gasteiger partial charge in [-0.25, -0.2) is 0 Å². The van der Waals surface area contributed by atoms with E-state index in [-0.39, 0.29) is 36.0 Å². The highest BCUT2D eigenvalue weighted by Crippen LogP contribution is 2.51. The topological polar surface area (TPSA) is 57.2 Å². The fourth-order valence-electron chi connectivity index (χ4n) is 7.30. The molecule has 314 valence electrons. The molecular formula is C54H63O5P. The lowest BCUT2D eigenvalue weighted by atomic mass is 9.77. The minimum Gasteiger partial charge on any atom is -0.507 e. The average molecular weight is 823 g/mol. The van der Waals surface area contributed by atoms with Gasteiger partial charge in [0.2, 0.25) is 0 Å². The van der Waals surface area contributed by atoms with Crippen LogP contribution in [0.25, 0.3) is 22.3 Å². The Morgan fingerprint density at radius 1 is 0.433 bits per heavy atom. The Balaban J connectivity index is 1.70. The number of phenols is 1. The summed E-state index contributed by atoms with van der Waals surface area (Å²) in [6.45, 7) is 26.5. The molecule has 0 bridgehead atoms. The van der Waals surface area contributed by atoms with E-state index >= 15 is 0 Å². The molecule has 6 rings (SSSR count). The van der Waals surface area contributed by atoms with E-state index in [1.165, 1.54) is 5.56 Å². The maximum atomic E-state index is 13.0. The van der Waals surface area contributed by atoms with Crippen molar-refractivity contribution in [3.63, 3.8) is 0 Å². The average Bonchev–Trinajstić information content (AvgIpc) is 3.18. The molecule has 0 fully saturated rings. The molecule has 1 atom stereocenters. The van der Waals surface area contributed by atoms with Crippen LogP contribution in [0.5, 0.6) is 40.2 Å². The second-order valence-electron chi connectivity index (χ2n) is 19.7. The summed E-state index contributed by atoms with van der Waals surface area (Å²) >= 11 is 0. The standard InChI is InChI=1S/C54H63O5P/c1-51(2,3)34-25-26-39(41(29-34)54(10,11)12)40-27-28-46(48(49(40)55)47-42(56-13)30-35(52(4,5)6)31-43(47)57-14)60-50-44(58-37-21-17-15-18-22-37)32-36(53(7,8)9)33-45(50)59-38-23-19-16-20-24-38/h15-33,55,60H,1-14H3. The molecule has 1 N–H and O–H groups in total. The summed E-state index contributed by atoms with van der Waals surface area (Å²) in [5, 5.41) is 14.8. The van der Waals surface area contributed by atoms with Crippen molar-refractivity contribution in [1.82, 2.24) is 0 Å². The van der Waals surface area contributed by atoms with Gasteiger partial charge in [-0.05, 0) is 109 Å². The first kappa shape index (κ1) is 44.3. The molecule has 1 unspecified atom stereocenters. The molecule has 0 spiro atoms. The van der Waals surface area contributed by atoms with Crippen molar-refractivity contribution >= 4 is 19.2 Å². The zero-order valence-electron chi connectivity index (χ0n) is 38.0. The van der Waals surface area contributed by atoms with Crippen molar-refractivity contribution < 1.29 is 24.1 Å². The highest BCUT2D eigenvalue weighted by atomic mass is 31.1. The zero-order chi connectivity index (χ0) is 43.8. The van der Waals surface area contributed by atoms with Crippen LogP contribution in [-0.4, -0.2) is 19.3 Å². The molecule has 0 heterocycles. The number of rotatable bonds is 10. The van der Waals surface area contributed by atoms with Gasteiger partial charge in [-0.15, -0.1) is 0 Å². The molecule has 0 aliphatic rings. The van der Waals surface area contributed by atoms with Crippen molar-refractivity contribution in [1.29, 1.82) is 0 Å². The van der Waals surface area contributed by atoms with Gasteiger partial charge in [-0.1, -0.05) is 152 Å². The summed E-state index contributed by atoms with van der Waals surface area (Å²) in [6.07, 6.45) is 0. The molecule has 0 aromatic heterocycles. The monoisotopic (exact) mass is 822 g/mol. The summed E-state index contributed by atoms with van der Waals surface area (Å²) in [4.78, 5) is 0. The van der Waals surface area contributed by atoms with E-state index < -0.39 is 0 Å². The van der Waals surface area contributed by atoms with Crippen LogP contribution < -0.4 is 29.6 Å². The molecule has 0 amide bonds. The summed E-state index contributed by atoms with van der Waals surface area (Å²) in [5.41, 5.74) is 6.89. The number of hydrogen-bond donors (Lipinski definition) is 1. The van der Waals surface area contributed by atoms with Crippen molar-refractivity contribution in [3.8, 4) is 62.5 Å². The van der Waals surface area contributed by atoms with Gasteiger partial charge in [0, 0.05) is 11.1 Å². The zero-order valence-corrected chi connectivity index (χ0v) is 39.0. The maximum absolute atomic E-state index is 13.0. The minimum absolute atomic E-state index is 0.0302. The number of para-hydroxylation sites is 2. The third-order valence-electron chi connectivity index (χ3n) is 10.9. The third kappa shape index (κ3) is 9.69. The largest absolute Gasteiger partial charge is 0.507 e. The van der Waals surface area contributed by atoms with Crippen molar-refractivity contribution in [2.45, 2.75) is 105 Å². The second-order valence-corrected chi connectivity index (χ2v) is 21.0. The SMILES string of the molecule is COc1cc(C(C)(C)C)cc(OC)c1-c1c(Pc2c(Oc3ccccc3)cc(C(C)(C)C)cc2Oc2ccccc2)ccc(-c2ccc(C(C)(C)C)cc2C(C)(C)C)c1O. The molecule has 0 aliphatic carbocycles. The second kappa shape index (κ2) is 17.0. The molecule has 0 saturated carbocycles. The highest BCUT2D eigenvalue weighted by molar-refractivity contribution is 7.56. The first-order valence-corrected chi connectivity index (χ1v) is 21.8. The van der Waals surface area contributed by atoms with E-state index in [0.29, 0.717) is 45.6 Å². The van der Waals surface area contributed by atoms with Gasteiger partial charge >= 0.3 is 0 Å². The Bertz CT molecular complexity index is 2370. The Labute approximate surface area is 360 Å². The molecule has 60 heavy (non-hydrogen) atoms. The Hall–Kier alpha value is -5.25.